The zero-order chi connectivity index (χ0) is 19.0. The molecule has 1 aromatic rings. The van der Waals surface area contributed by atoms with Crippen molar-refractivity contribution in [2.75, 3.05) is 24.1 Å². The lowest BCUT2D eigenvalue weighted by molar-refractivity contribution is -0.150. The van der Waals surface area contributed by atoms with Crippen LogP contribution >= 0.6 is 0 Å². The molecule has 1 fully saturated rings. The molecule has 0 bridgehead atoms. The molecule has 1 saturated heterocycles. The quantitative estimate of drug-likeness (QED) is 0.820. The van der Waals surface area contributed by atoms with Crippen molar-refractivity contribution in [2.45, 2.75) is 20.3 Å². The summed E-state index contributed by atoms with van der Waals surface area (Å²) in [6.07, 6.45) is 1.21. The Balaban J connectivity index is 2.27. The Morgan fingerprint density at radius 3 is 2.48 bits per heavy atom. The van der Waals surface area contributed by atoms with E-state index in [0.717, 1.165) is 18.4 Å². The van der Waals surface area contributed by atoms with Gasteiger partial charge in [-0.3, -0.25) is 14.3 Å². The van der Waals surface area contributed by atoms with Crippen LogP contribution in [0.3, 0.4) is 0 Å². The molecule has 0 saturated carbocycles. The van der Waals surface area contributed by atoms with Gasteiger partial charge in [-0.2, -0.15) is 0 Å². The van der Waals surface area contributed by atoms with Gasteiger partial charge in [0.1, 0.15) is 5.82 Å². The first-order valence-corrected chi connectivity index (χ1v) is 9.65. The maximum Gasteiger partial charge on any atom is 0.311 e. The number of carboxylic acid groups (broad SMARTS) is 1. The van der Waals surface area contributed by atoms with Crippen LogP contribution in [-0.2, 0) is 14.8 Å². The van der Waals surface area contributed by atoms with Gasteiger partial charge < -0.3 is 10.0 Å². The van der Waals surface area contributed by atoms with E-state index in [4.69, 9.17) is 0 Å². The number of carbonyl (C=O) groups excluding carboxylic acids is 1. The molecule has 1 atom stereocenters. The number of hydrogen-bond donors (Lipinski definition) is 2. The summed E-state index contributed by atoms with van der Waals surface area (Å²) in [6, 6.07) is 3.37. The summed E-state index contributed by atoms with van der Waals surface area (Å²) >= 11 is 0. The molecule has 0 radical (unpaired) electrons. The molecule has 0 spiro atoms. The number of nitrogens with one attached hydrogen (secondary N) is 1. The van der Waals surface area contributed by atoms with Crippen molar-refractivity contribution in [3.63, 3.8) is 0 Å². The van der Waals surface area contributed by atoms with Gasteiger partial charge in [-0.15, -0.1) is 0 Å². The van der Waals surface area contributed by atoms with Crippen molar-refractivity contribution in [3.8, 4) is 0 Å². The molecule has 2 rings (SSSR count). The lowest BCUT2D eigenvalue weighted by Crippen LogP contribution is -2.40. The van der Waals surface area contributed by atoms with Crippen molar-refractivity contribution >= 4 is 27.6 Å². The molecule has 1 aliphatic rings. The predicted octanol–water partition coefficient (Wildman–Crippen LogP) is 1.77. The van der Waals surface area contributed by atoms with Crippen LogP contribution in [0.5, 0.6) is 0 Å². The van der Waals surface area contributed by atoms with Crippen molar-refractivity contribution in [1.82, 2.24) is 4.90 Å². The summed E-state index contributed by atoms with van der Waals surface area (Å²) < 4.78 is 38.3. The van der Waals surface area contributed by atoms with E-state index in [9.17, 15) is 27.5 Å². The van der Waals surface area contributed by atoms with Crippen molar-refractivity contribution in [2.24, 2.45) is 11.3 Å². The number of carboxylic acids is 1. The molecule has 1 unspecified atom stereocenters. The molecule has 1 aromatic carbocycles. The Morgan fingerprint density at radius 2 is 2.00 bits per heavy atom. The molecule has 9 heteroatoms. The van der Waals surface area contributed by atoms with Gasteiger partial charge in [0.15, 0.2) is 0 Å². The first-order valence-electron chi connectivity index (χ1n) is 7.76. The molecule has 7 nitrogen and oxygen atoms in total. The third-order valence-electron chi connectivity index (χ3n) is 4.63. The Kier molecular flexibility index (Phi) is 5.08. The van der Waals surface area contributed by atoms with E-state index in [1.807, 2.05) is 4.72 Å². The number of halogens is 1. The number of aliphatic carboxylic acids is 1. The van der Waals surface area contributed by atoms with Gasteiger partial charge in [0.05, 0.1) is 17.4 Å². The van der Waals surface area contributed by atoms with Crippen LogP contribution in [0.15, 0.2) is 18.2 Å². The molecule has 25 heavy (non-hydrogen) atoms. The topological polar surface area (TPSA) is 104 Å². The molecule has 1 aliphatic heterocycles. The molecule has 0 aliphatic carbocycles. The highest BCUT2D eigenvalue weighted by molar-refractivity contribution is 7.92. The number of carbonyl (C=O) groups is 2. The summed E-state index contributed by atoms with van der Waals surface area (Å²) in [7, 11) is -3.69. The number of sulfonamides is 1. The normalized spacial score (nSPS) is 20.8. The van der Waals surface area contributed by atoms with E-state index >= 15 is 0 Å². The minimum absolute atomic E-state index is 0.0606. The molecule has 1 amide bonds. The SMILES string of the molecule is CC(C)C1(C(=O)O)CCN(C(=O)c2ccc(F)c(NS(C)(=O)=O)c2)C1. The third-order valence-corrected chi connectivity index (χ3v) is 5.22. The number of anilines is 1. The van der Waals surface area contributed by atoms with E-state index in [1.165, 1.54) is 11.0 Å². The standard InChI is InChI=1S/C16H21FN2O5S/c1-10(2)16(15(21)22)6-7-19(9-16)14(20)11-4-5-12(17)13(8-11)18-25(3,23)24/h4-5,8,10,18H,6-7,9H2,1-3H3,(H,21,22). The third kappa shape index (κ3) is 3.92. The summed E-state index contributed by atoms with van der Waals surface area (Å²) in [5, 5.41) is 9.55. The first kappa shape index (κ1) is 19.2. The van der Waals surface area contributed by atoms with Gasteiger partial charge in [-0.1, -0.05) is 13.8 Å². The summed E-state index contributed by atoms with van der Waals surface area (Å²) in [6.45, 7) is 3.93. The van der Waals surface area contributed by atoms with E-state index in [2.05, 4.69) is 0 Å². The Labute approximate surface area is 145 Å². The van der Waals surface area contributed by atoms with Crippen LogP contribution in [0, 0.1) is 17.2 Å². The fourth-order valence-corrected chi connectivity index (χ4v) is 3.57. The number of benzene rings is 1. The molecule has 0 aromatic heterocycles. The van der Waals surface area contributed by atoms with Crippen LogP contribution in [0.4, 0.5) is 10.1 Å². The second kappa shape index (κ2) is 6.62. The molecule has 2 N–H and O–H groups in total. The van der Waals surface area contributed by atoms with Gasteiger partial charge >= 0.3 is 5.97 Å². The molecule has 1 heterocycles. The lowest BCUT2D eigenvalue weighted by Gasteiger charge is -2.28. The zero-order valence-corrected chi connectivity index (χ0v) is 15.1. The van der Waals surface area contributed by atoms with Gasteiger partial charge in [0, 0.05) is 18.7 Å². The minimum atomic E-state index is -3.69. The van der Waals surface area contributed by atoms with Crippen LogP contribution in [0.25, 0.3) is 0 Å². The van der Waals surface area contributed by atoms with Crippen LogP contribution in [0.1, 0.15) is 30.6 Å². The van der Waals surface area contributed by atoms with Gasteiger partial charge in [-0.05, 0) is 30.5 Å². The predicted molar refractivity (Wildman–Crippen MR) is 90.3 cm³/mol. The van der Waals surface area contributed by atoms with E-state index in [0.29, 0.717) is 6.42 Å². The van der Waals surface area contributed by atoms with Crippen LogP contribution in [-0.4, -0.2) is 49.6 Å². The minimum Gasteiger partial charge on any atom is -0.481 e. The smallest absolute Gasteiger partial charge is 0.311 e. The second-order valence-electron chi connectivity index (χ2n) is 6.66. The average Bonchev–Trinajstić information content (AvgIpc) is 2.94. The maximum absolute atomic E-state index is 13.7. The van der Waals surface area contributed by atoms with E-state index in [1.54, 1.807) is 13.8 Å². The van der Waals surface area contributed by atoms with Crippen molar-refractivity contribution < 1.29 is 27.5 Å². The van der Waals surface area contributed by atoms with E-state index < -0.39 is 33.1 Å². The van der Waals surface area contributed by atoms with E-state index in [-0.39, 0.29) is 30.3 Å². The Morgan fingerprint density at radius 1 is 1.36 bits per heavy atom. The Hall–Kier alpha value is -2.16. The average molecular weight is 372 g/mol. The fraction of sp³-hybridized carbons (Fsp3) is 0.500. The first-order chi connectivity index (χ1) is 11.5. The highest BCUT2D eigenvalue weighted by Crippen LogP contribution is 2.38. The lowest BCUT2D eigenvalue weighted by atomic mass is 9.76. The zero-order valence-electron chi connectivity index (χ0n) is 14.2. The van der Waals surface area contributed by atoms with Crippen molar-refractivity contribution in [1.29, 1.82) is 0 Å². The number of nitrogens with zero attached hydrogens (tertiary/aromatic N) is 1. The van der Waals surface area contributed by atoms with Crippen molar-refractivity contribution in [3.05, 3.63) is 29.6 Å². The highest BCUT2D eigenvalue weighted by atomic mass is 32.2. The number of likely N-dealkylation sites (tertiary alicyclic amines) is 1. The summed E-state index contributed by atoms with van der Waals surface area (Å²) in [5.41, 5.74) is -1.23. The Bertz CT molecular complexity index is 809. The van der Waals surface area contributed by atoms with Crippen LogP contribution in [0.2, 0.25) is 0 Å². The number of amides is 1. The molecular formula is C16H21FN2O5S. The largest absolute Gasteiger partial charge is 0.481 e. The van der Waals surface area contributed by atoms with Gasteiger partial charge in [-0.25, -0.2) is 12.8 Å². The number of hydrogen-bond acceptors (Lipinski definition) is 4. The summed E-state index contributed by atoms with van der Waals surface area (Å²) in [5.74, 6) is -2.36. The van der Waals surface area contributed by atoms with Crippen LogP contribution < -0.4 is 4.72 Å². The molecular weight excluding hydrogens is 351 g/mol. The molecule has 138 valence electrons. The summed E-state index contributed by atoms with van der Waals surface area (Å²) in [4.78, 5) is 25.7. The number of rotatable bonds is 5. The fourth-order valence-electron chi connectivity index (χ4n) is 3.02. The highest BCUT2D eigenvalue weighted by Gasteiger charge is 2.48. The second-order valence-corrected chi connectivity index (χ2v) is 8.41. The van der Waals surface area contributed by atoms with Gasteiger partial charge in [0.25, 0.3) is 5.91 Å². The maximum atomic E-state index is 13.7. The monoisotopic (exact) mass is 372 g/mol. The van der Waals surface area contributed by atoms with Gasteiger partial charge in [0.2, 0.25) is 10.0 Å².